The van der Waals surface area contributed by atoms with Crippen LogP contribution in [-0.4, -0.2) is 17.7 Å². The molecule has 0 aliphatic rings. The Hall–Kier alpha value is -3.07. The molecule has 0 heterocycles. The van der Waals surface area contributed by atoms with E-state index < -0.39 is 5.97 Å². The number of hydrogen-bond donors (Lipinski definition) is 1. The topological polar surface area (TPSA) is 46.5 Å². The van der Waals surface area contributed by atoms with E-state index in [1.807, 2.05) is 36.4 Å². The van der Waals surface area contributed by atoms with E-state index in [0.717, 1.165) is 35.1 Å². The summed E-state index contributed by atoms with van der Waals surface area (Å²) in [5, 5.41) is 9.31. The van der Waals surface area contributed by atoms with E-state index in [9.17, 15) is 9.90 Å². The minimum atomic E-state index is -0.974. The van der Waals surface area contributed by atoms with Crippen LogP contribution in [0.5, 0.6) is 5.75 Å². The van der Waals surface area contributed by atoms with Crippen LogP contribution >= 0.6 is 0 Å². The first-order valence-electron chi connectivity index (χ1n) is 14.3. The average molecular weight is 501 g/mol. The molecule has 3 nitrogen and oxygen atoms in total. The van der Waals surface area contributed by atoms with Crippen LogP contribution < -0.4 is 4.74 Å². The maximum absolute atomic E-state index is 11.3. The zero-order valence-corrected chi connectivity index (χ0v) is 22.6. The molecule has 0 fully saturated rings. The third-order valence-corrected chi connectivity index (χ3v) is 6.98. The summed E-state index contributed by atoms with van der Waals surface area (Å²) in [4.78, 5) is 11.3. The molecule has 0 radical (unpaired) electrons. The van der Waals surface area contributed by atoms with Gasteiger partial charge in [-0.05, 0) is 41.7 Å². The van der Waals surface area contributed by atoms with Crippen LogP contribution in [-0.2, 0) is 11.2 Å². The Morgan fingerprint density at radius 2 is 1.08 bits per heavy atom. The van der Waals surface area contributed by atoms with Gasteiger partial charge >= 0.3 is 5.97 Å². The molecule has 1 N–H and O–H groups in total. The first-order chi connectivity index (χ1) is 18.2. The molecule has 0 saturated heterocycles. The molecule has 3 rings (SSSR count). The van der Waals surface area contributed by atoms with Gasteiger partial charge in [0.2, 0.25) is 0 Å². The quantitative estimate of drug-likeness (QED) is 0.177. The third kappa shape index (κ3) is 10.1. The molecule has 0 unspecified atom stereocenters. The monoisotopic (exact) mass is 500 g/mol. The Morgan fingerprint density at radius 1 is 0.649 bits per heavy atom. The van der Waals surface area contributed by atoms with Crippen molar-refractivity contribution in [3.8, 4) is 28.0 Å². The number of ether oxygens (including phenoxy) is 1. The smallest absolute Gasteiger partial charge is 0.341 e. The first-order valence-corrected chi connectivity index (χ1v) is 14.3. The van der Waals surface area contributed by atoms with Gasteiger partial charge < -0.3 is 9.84 Å². The Kier molecular flexibility index (Phi) is 12.8. The second-order valence-electron chi connectivity index (χ2n) is 10.1. The highest BCUT2D eigenvalue weighted by atomic mass is 16.5. The number of aryl methyl sites for hydroxylation is 1. The van der Waals surface area contributed by atoms with Crippen molar-refractivity contribution < 1.29 is 14.6 Å². The standard InChI is InChI=1S/C34H44O3/c1-2-3-4-5-6-7-8-9-10-11-12-15-20-28-25-31(29-21-16-13-17-22-29)34(37-27-33(35)36)32(26-28)30-23-18-14-19-24-30/h13-14,16-19,21-26H,2-12,15,20,27H2,1H3,(H,35,36). The molecule has 3 heteroatoms. The SMILES string of the molecule is CCCCCCCCCCCCCCc1cc(-c2ccccc2)c(OCC(=O)O)c(-c2ccccc2)c1. The number of benzene rings is 3. The molecule has 0 aliphatic heterocycles. The molecular weight excluding hydrogens is 456 g/mol. The number of hydrogen-bond acceptors (Lipinski definition) is 2. The Bertz CT molecular complexity index is 983. The predicted octanol–water partition coefficient (Wildman–Crippen LogP) is 9.73. The Labute approximate surface area is 223 Å². The summed E-state index contributed by atoms with van der Waals surface area (Å²) in [5.41, 5.74) is 5.26. The number of rotatable bonds is 18. The van der Waals surface area contributed by atoms with Crippen molar-refractivity contribution in [1.29, 1.82) is 0 Å². The van der Waals surface area contributed by atoms with Gasteiger partial charge in [-0.1, -0.05) is 138 Å². The van der Waals surface area contributed by atoms with E-state index in [-0.39, 0.29) is 6.61 Å². The van der Waals surface area contributed by atoms with Crippen molar-refractivity contribution in [1.82, 2.24) is 0 Å². The molecule has 0 amide bonds. The maximum atomic E-state index is 11.3. The molecule has 0 atom stereocenters. The molecule has 198 valence electrons. The third-order valence-electron chi connectivity index (χ3n) is 6.98. The second kappa shape index (κ2) is 16.6. The van der Waals surface area contributed by atoms with Crippen LogP contribution in [0.2, 0.25) is 0 Å². The number of carbonyl (C=O) groups is 1. The van der Waals surface area contributed by atoms with Gasteiger partial charge in [0.15, 0.2) is 6.61 Å². The molecule has 0 aromatic heterocycles. The highest BCUT2D eigenvalue weighted by Gasteiger charge is 2.17. The minimum absolute atomic E-state index is 0.363. The van der Waals surface area contributed by atoms with Gasteiger partial charge in [0.1, 0.15) is 5.75 Å². The number of aliphatic carboxylic acids is 1. The fourth-order valence-corrected chi connectivity index (χ4v) is 4.96. The summed E-state index contributed by atoms with van der Waals surface area (Å²) in [6.45, 7) is 1.91. The largest absolute Gasteiger partial charge is 0.481 e. The fourth-order valence-electron chi connectivity index (χ4n) is 4.96. The molecule has 3 aromatic carbocycles. The minimum Gasteiger partial charge on any atom is -0.481 e. The van der Waals surface area contributed by atoms with E-state index in [4.69, 9.17) is 4.74 Å². The lowest BCUT2D eigenvalue weighted by Crippen LogP contribution is -2.11. The number of unbranched alkanes of at least 4 members (excludes halogenated alkanes) is 11. The Morgan fingerprint density at radius 3 is 1.51 bits per heavy atom. The van der Waals surface area contributed by atoms with Crippen molar-refractivity contribution in [3.05, 3.63) is 78.4 Å². The van der Waals surface area contributed by atoms with Crippen LogP contribution in [0.4, 0.5) is 0 Å². The number of carboxylic acids is 1. The van der Waals surface area contributed by atoms with E-state index in [0.29, 0.717) is 5.75 Å². The first kappa shape index (κ1) is 28.5. The lowest BCUT2D eigenvalue weighted by molar-refractivity contribution is -0.139. The van der Waals surface area contributed by atoms with E-state index >= 15 is 0 Å². The van der Waals surface area contributed by atoms with Crippen molar-refractivity contribution >= 4 is 5.97 Å². The average Bonchev–Trinajstić information content (AvgIpc) is 2.93. The van der Waals surface area contributed by atoms with Crippen LogP contribution in [0, 0.1) is 0 Å². The van der Waals surface area contributed by atoms with Crippen LogP contribution in [0.25, 0.3) is 22.3 Å². The van der Waals surface area contributed by atoms with Gasteiger partial charge in [-0.25, -0.2) is 4.79 Å². The molecule has 37 heavy (non-hydrogen) atoms. The van der Waals surface area contributed by atoms with Crippen molar-refractivity contribution in [3.63, 3.8) is 0 Å². The molecule has 0 bridgehead atoms. The van der Waals surface area contributed by atoms with Gasteiger partial charge in [-0.2, -0.15) is 0 Å². The highest BCUT2D eigenvalue weighted by Crippen LogP contribution is 2.40. The molecule has 0 spiro atoms. The van der Waals surface area contributed by atoms with Gasteiger partial charge in [0, 0.05) is 11.1 Å². The summed E-state index contributed by atoms with van der Waals surface area (Å²) < 4.78 is 5.91. The van der Waals surface area contributed by atoms with Gasteiger partial charge in [-0.3, -0.25) is 0 Å². The maximum Gasteiger partial charge on any atom is 0.341 e. The van der Waals surface area contributed by atoms with Gasteiger partial charge in [0.05, 0.1) is 0 Å². The summed E-state index contributed by atoms with van der Waals surface area (Å²) >= 11 is 0. The second-order valence-corrected chi connectivity index (χ2v) is 10.1. The highest BCUT2D eigenvalue weighted by molar-refractivity contribution is 5.84. The zero-order chi connectivity index (χ0) is 26.1. The summed E-state index contributed by atoms with van der Waals surface area (Å²) in [6.07, 6.45) is 17.1. The van der Waals surface area contributed by atoms with Crippen LogP contribution in [0.1, 0.15) is 89.5 Å². The van der Waals surface area contributed by atoms with E-state index in [1.165, 1.54) is 76.2 Å². The lowest BCUT2D eigenvalue weighted by Gasteiger charge is -2.18. The fraction of sp³-hybridized carbons (Fsp3) is 0.441. The lowest BCUT2D eigenvalue weighted by atomic mass is 9.92. The van der Waals surface area contributed by atoms with E-state index in [2.05, 4.69) is 43.3 Å². The van der Waals surface area contributed by atoms with Crippen LogP contribution in [0.3, 0.4) is 0 Å². The van der Waals surface area contributed by atoms with Gasteiger partial charge in [0.25, 0.3) is 0 Å². The van der Waals surface area contributed by atoms with Crippen molar-refractivity contribution in [2.24, 2.45) is 0 Å². The molecule has 0 aliphatic carbocycles. The molecular formula is C34H44O3. The summed E-state index contributed by atoms with van der Waals surface area (Å²) in [6, 6.07) is 24.7. The van der Waals surface area contributed by atoms with Crippen molar-refractivity contribution in [2.45, 2.75) is 90.4 Å². The summed E-state index contributed by atoms with van der Waals surface area (Å²) in [7, 11) is 0. The van der Waals surface area contributed by atoms with Gasteiger partial charge in [-0.15, -0.1) is 0 Å². The predicted molar refractivity (Wildman–Crippen MR) is 155 cm³/mol. The zero-order valence-electron chi connectivity index (χ0n) is 22.6. The summed E-state index contributed by atoms with van der Waals surface area (Å²) in [5.74, 6) is -0.336. The molecule has 3 aromatic rings. The normalized spacial score (nSPS) is 10.9. The number of carboxylic acid groups (broad SMARTS) is 1. The van der Waals surface area contributed by atoms with Crippen molar-refractivity contribution in [2.75, 3.05) is 6.61 Å². The Balaban J connectivity index is 1.64. The van der Waals surface area contributed by atoms with E-state index in [1.54, 1.807) is 0 Å². The molecule has 0 saturated carbocycles. The van der Waals surface area contributed by atoms with Crippen LogP contribution in [0.15, 0.2) is 72.8 Å².